The molecule has 0 aliphatic heterocycles. The number of aryl methyl sites for hydroxylation is 2. The van der Waals surface area contributed by atoms with Gasteiger partial charge in [0.1, 0.15) is 0 Å². The van der Waals surface area contributed by atoms with Gasteiger partial charge in [0.25, 0.3) is 0 Å². The molecule has 92 valence electrons. The van der Waals surface area contributed by atoms with Crippen LogP contribution in [0.25, 0.3) is 11.3 Å². The zero-order chi connectivity index (χ0) is 12.4. The number of hydrogen-bond acceptors (Lipinski definition) is 3. The number of nitrogens with zero attached hydrogens (tertiary/aromatic N) is 2. The lowest BCUT2D eigenvalue weighted by atomic mass is 9.90. The van der Waals surface area contributed by atoms with E-state index in [4.69, 9.17) is 4.74 Å². The molecule has 1 aliphatic carbocycles. The lowest BCUT2D eigenvalue weighted by molar-refractivity contribution is 0.392. The highest BCUT2D eigenvalue weighted by atomic mass is 16.5. The maximum atomic E-state index is 5.02. The van der Waals surface area contributed by atoms with Crippen LogP contribution in [0.15, 0.2) is 30.3 Å². The first-order valence-electron chi connectivity index (χ1n) is 6.37. The van der Waals surface area contributed by atoms with Crippen molar-refractivity contribution in [2.45, 2.75) is 25.7 Å². The van der Waals surface area contributed by atoms with Crippen molar-refractivity contribution in [3.8, 4) is 17.1 Å². The normalized spacial score (nSPS) is 14.1. The molecule has 0 fully saturated rings. The fourth-order valence-corrected chi connectivity index (χ4v) is 2.48. The van der Waals surface area contributed by atoms with Crippen molar-refractivity contribution >= 4 is 0 Å². The van der Waals surface area contributed by atoms with Gasteiger partial charge >= 0.3 is 0 Å². The van der Waals surface area contributed by atoms with Gasteiger partial charge in [-0.3, -0.25) is 0 Å². The van der Waals surface area contributed by atoms with Crippen molar-refractivity contribution in [2.24, 2.45) is 0 Å². The summed E-state index contributed by atoms with van der Waals surface area (Å²) in [5, 5.41) is 8.21. The Balaban J connectivity index is 1.95. The summed E-state index contributed by atoms with van der Waals surface area (Å²) in [5.41, 5.74) is 5.01. The average Bonchev–Trinajstić information content (AvgIpc) is 2.47. The molecule has 1 aromatic heterocycles. The average molecular weight is 240 g/mol. The second kappa shape index (κ2) is 4.77. The molecular formula is C15H16N2O. The summed E-state index contributed by atoms with van der Waals surface area (Å²) in [5.74, 6) is 0.553. The Kier molecular flexibility index (Phi) is 2.97. The zero-order valence-corrected chi connectivity index (χ0v) is 10.5. The number of hydrogen-bond donors (Lipinski definition) is 0. The molecular weight excluding hydrogens is 224 g/mol. The first kappa shape index (κ1) is 11.2. The predicted octanol–water partition coefficient (Wildman–Crippen LogP) is 3.03. The van der Waals surface area contributed by atoms with E-state index in [-0.39, 0.29) is 0 Å². The van der Waals surface area contributed by atoms with E-state index >= 15 is 0 Å². The predicted molar refractivity (Wildman–Crippen MR) is 70.7 cm³/mol. The van der Waals surface area contributed by atoms with Gasteiger partial charge in [-0.15, -0.1) is 10.2 Å². The Labute approximate surface area is 107 Å². The van der Waals surface area contributed by atoms with E-state index in [1.54, 1.807) is 7.11 Å². The SMILES string of the molecule is COc1ccc(-c2ccc3c(c2)CCCC3)nn1. The van der Waals surface area contributed by atoms with Gasteiger partial charge in [0, 0.05) is 11.6 Å². The van der Waals surface area contributed by atoms with Gasteiger partial charge in [0.2, 0.25) is 5.88 Å². The van der Waals surface area contributed by atoms with Crippen LogP contribution in [0.2, 0.25) is 0 Å². The number of fused-ring (bicyclic) bond motifs is 1. The van der Waals surface area contributed by atoms with Gasteiger partial charge in [-0.05, 0) is 48.9 Å². The fourth-order valence-electron chi connectivity index (χ4n) is 2.48. The molecule has 1 heterocycles. The lowest BCUT2D eigenvalue weighted by Gasteiger charge is -2.16. The Morgan fingerprint density at radius 3 is 2.50 bits per heavy atom. The van der Waals surface area contributed by atoms with Crippen LogP contribution >= 0.6 is 0 Å². The van der Waals surface area contributed by atoms with Crippen LogP contribution < -0.4 is 4.74 Å². The standard InChI is InChI=1S/C15H16N2O/c1-18-15-9-8-14(16-17-15)13-7-6-11-4-2-3-5-12(11)10-13/h6-10H,2-5H2,1H3. The number of rotatable bonds is 2. The monoisotopic (exact) mass is 240 g/mol. The molecule has 3 nitrogen and oxygen atoms in total. The van der Waals surface area contributed by atoms with Crippen LogP contribution in [-0.2, 0) is 12.8 Å². The van der Waals surface area contributed by atoms with Crippen molar-refractivity contribution in [3.63, 3.8) is 0 Å². The maximum absolute atomic E-state index is 5.02. The zero-order valence-electron chi connectivity index (χ0n) is 10.5. The van der Waals surface area contributed by atoms with Crippen LogP contribution in [0.4, 0.5) is 0 Å². The molecule has 0 spiro atoms. The Bertz CT molecular complexity index is 549. The minimum absolute atomic E-state index is 0.553. The minimum atomic E-state index is 0.553. The van der Waals surface area contributed by atoms with Gasteiger partial charge < -0.3 is 4.74 Å². The van der Waals surface area contributed by atoms with Crippen LogP contribution in [0.3, 0.4) is 0 Å². The molecule has 0 N–H and O–H groups in total. The van der Waals surface area contributed by atoms with E-state index in [2.05, 4.69) is 28.4 Å². The summed E-state index contributed by atoms with van der Waals surface area (Å²) in [6.07, 6.45) is 5.01. The lowest BCUT2D eigenvalue weighted by Crippen LogP contribution is -2.02. The van der Waals surface area contributed by atoms with E-state index in [0.29, 0.717) is 5.88 Å². The van der Waals surface area contributed by atoms with Gasteiger partial charge in [0.05, 0.1) is 12.8 Å². The van der Waals surface area contributed by atoms with E-state index in [1.807, 2.05) is 12.1 Å². The molecule has 1 aliphatic rings. The van der Waals surface area contributed by atoms with Crippen LogP contribution in [-0.4, -0.2) is 17.3 Å². The highest BCUT2D eigenvalue weighted by Crippen LogP contribution is 2.26. The molecule has 0 atom stereocenters. The molecule has 0 saturated carbocycles. The smallest absolute Gasteiger partial charge is 0.233 e. The van der Waals surface area contributed by atoms with Crippen molar-refractivity contribution in [1.29, 1.82) is 0 Å². The van der Waals surface area contributed by atoms with E-state index in [9.17, 15) is 0 Å². The molecule has 0 bridgehead atoms. The molecule has 0 saturated heterocycles. The van der Waals surface area contributed by atoms with Gasteiger partial charge in [-0.25, -0.2) is 0 Å². The number of methoxy groups -OCH3 is 1. The van der Waals surface area contributed by atoms with Crippen LogP contribution in [0.5, 0.6) is 5.88 Å². The quantitative estimate of drug-likeness (QED) is 0.809. The maximum Gasteiger partial charge on any atom is 0.233 e. The largest absolute Gasteiger partial charge is 0.480 e. The number of benzene rings is 1. The summed E-state index contributed by atoms with van der Waals surface area (Å²) in [6, 6.07) is 10.4. The molecule has 18 heavy (non-hydrogen) atoms. The summed E-state index contributed by atoms with van der Waals surface area (Å²) in [7, 11) is 1.60. The number of ether oxygens (including phenoxy) is 1. The third-order valence-corrected chi connectivity index (χ3v) is 3.49. The van der Waals surface area contributed by atoms with Gasteiger partial charge in [0.15, 0.2) is 0 Å². The van der Waals surface area contributed by atoms with Crippen molar-refractivity contribution in [3.05, 3.63) is 41.5 Å². The summed E-state index contributed by atoms with van der Waals surface area (Å²) in [6.45, 7) is 0. The van der Waals surface area contributed by atoms with Crippen molar-refractivity contribution < 1.29 is 4.74 Å². The molecule has 3 rings (SSSR count). The van der Waals surface area contributed by atoms with Gasteiger partial charge in [-0.2, -0.15) is 0 Å². The molecule has 2 aromatic rings. The van der Waals surface area contributed by atoms with Gasteiger partial charge in [-0.1, -0.05) is 12.1 Å². The van der Waals surface area contributed by atoms with E-state index in [1.165, 1.54) is 36.8 Å². The summed E-state index contributed by atoms with van der Waals surface area (Å²) in [4.78, 5) is 0. The first-order chi connectivity index (χ1) is 8.86. The topological polar surface area (TPSA) is 35.0 Å². The summed E-state index contributed by atoms with van der Waals surface area (Å²) < 4.78 is 5.02. The van der Waals surface area contributed by atoms with Crippen LogP contribution in [0.1, 0.15) is 24.0 Å². The molecule has 0 radical (unpaired) electrons. The first-order valence-corrected chi connectivity index (χ1v) is 6.37. The van der Waals surface area contributed by atoms with E-state index in [0.717, 1.165) is 11.3 Å². The van der Waals surface area contributed by atoms with Crippen molar-refractivity contribution in [2.75, 3.05) is 7.11 Å². The third-order valence-electron chi connectivity index (χ3n) is 3.49. The number of aromatic nitrogens is 2. The Morgan fingerprint density at radius 2 is 1.78 bits per heavy atom. The highest BCUT2D eigenvalue weighted by Gasteiger charge is 2.10. The molecule has 0 unspecified atom stereocenters. The third kappa shape index (κ3) is 2.08. The second-order valence-corrected chi connectivity index (χ2v) is 4.65. The molecule has 3 heteroatoms. The summed E-state index contributed by atoms with van der Waals surface area (Å²) >= 11 is 0. The molecule has 1 aromatic carbocycles. The van der Waals surface area contributed by atoms with E-state index < -0.39 is 0 Å². The highest BCUT2D eigenvalue weighted by molar-refractivity contribution is 5.61. The Hall–Kier alpha value is -1.90. The van der Waals surface area contributed by atoms with Crippen LogP contribution in [0, 0.1) is 0 Å². The second-order valence-electron chi connectivity index (χ2n) is 4.65. The van der Waals surface area contributed by atoms with Crippen molar-refractivity contribution in [1.82, 2.24) is 10.2 Å². The Morgan fingerprint density at radius 1 is 0.944 bits per heavy atom. The molecule has 0 amide bonds. The fraction of sp³-hybridized carbons (Fsp3) is 0.333. The minimum Gasteiger partial charge on any atom is -0.480 e.